The van der Waals surface area contributed by atoms with Gasteiger partial charge in [0.25, 0.3) is 0 Å². The van der Waals surface area contributed by atoms with Crippen LogP contribution in [0, 0.1) is 5.92 Å². The summed E-state index contributed by atoms with van der Waals surface area (Å²) in [4.78, 5) is 14.3. The van der Waals surface area contributed by atoms with Crippen LogP contribution in [0.25, 0.3) is 0 Å². The molecule has 0 aliphatic carbocycles. The van der Waals surface area contributed by atoms with Gasteiger partial charge in [0, 0.05) is 22.8 Å². The van der Waals surface area contributed by atoms with E-state index in [9.17, 15) is 13.2 Å². The van der Waals surface area contributed by atoms with Crippen LogP contribution in [0.3, 0.4) is 0 Å². The van der Waals surface area contributed by atoms with Crippen molar-refractivity contribution in [2.24, 2.45) is 11.0 Å². The summed E-state index contributed by atoms with van der Waals surface area (Å²) < 4.78 is 24.5. The molecular weight excluding hydrogens is 322 g/mol. The summed E-state index contributed by atoms with van der Waals surface area (Å²) in [6, 6.07) is 4.00. The molecule has 0 aromatic carbocycles. The summed E-state index contributed by atoms with van der Waals surface area (Å²) in [5, 5.41) is 3.97. The maximum Gasteiger partial charge on any atom is 0.244 e. The van der Waals surface area contributed by atoms with Crippen molar-refractivity contribution in [2.75, 3.05) is 19.3 Å². The van der Waals surface area contributed by atoms with Gasteiger partial charge in [-0.25, -0.2) is 18.1 Å². The van der Waals surface area contributed by atoms with Crippen LogP contribution in [-0.2, 0) is 21.2 Å². The molecule has 8 heteroatoms. The van der Waals surface area contributed by atoms with Gasteiger partial charge in [-0.05, 0) is 31.4 Å². The normalized spacial score (nSPS) is 20.4. The Morgan fingerprint density at radius 1 is 1.55 bits per heavy atom. The van der Waals surface area contributed by atoms with Gasteiger partial charge in [-0.15, -0.1) is 11.3 Å². The Kier molecular flexibility index (Phi) is 5.71. The first-order chi connectivity index (χ1) is 10.4. The van der Waals surface area contributed by atoms with Crippen LogP contribution in [-0.4, -0.2) is 44.2 Å². The standard InChI is InChI=1S/C14H21N3O3S2/c1-3-12-6-7-13(21-12)9-15-16-14(18)11-5-4-8-17(10-11)22(2,19)20/h6-7,9,11H,3-5,8,10H2,1-2H3,(H,16,18)/b15-9-/t11-/m0/s1. The van der Waals surface area contributed by atoms with E-state index in [0.717, 1.165) is 11.3 Å². The summed E-state index contributed by atoms with van der Waals surface area (Å²) in [5.41, 5.74) is 2.52. The lowest BCUT2D eigenvalue weighted by Gasteiger charge is -2.29. The van der Waals surface area contributed by atoms with Gasteiger partial charge in [-0.2, -0.15) is 5.10 Å². The van der Waals surface area contributed by atoms with Gasteiger partial charge >= 0.3 is 0 Å². The fourth-order valence-corrected chi connectivity index (χ4v) is 4.10. The summed E-state index contributed by atoms with van der Waals surface area (Å²) >= 11 is 1.64. The van der Waals surface area contributed by atoms with Crippen molar-refractivity contribution in [1.29, 1.82) is 0 Å². The van der Waals surface area contributed by atoms with E-state index in [1.165, 1.54) is 15.4 Å². The number of thiophene rings is 1. The Balaban J connectivity index is 1.89. The van der Waals surface area contributed by atoms with Crippen LogP contribution in [0.15, 0.2) is 17.2 Å². The molecule has 1 amide bonds. The zero-order chi connectivity index (χ0) is 16.2. The fourth-order valence-electron chi connectivity index (χ4n) is 2.36. The predicted molar refractivity (Wildman–Crippen MR) is 88.6 cm³/mol. The first-order valence-corrected chi connectivity index (χ1v) is 9.93. The lowest BCUT2D eigenvalue weighted by molar-refractivity contribution is -0.126. The summed E-state index contributed by atoms with van der Waals surface area (Å²) in [6.07, 6.45) is 5.16. The lowest BCUT2D eigenvalue weighted by Crippen LogP contribution is -2.44. The molecule has 1 atom stereocenters. The van der Waals surface area contributed by atoms with Crippen LogP contribution in [0.1, 0.15) is 29.5 Å². The fraction of sp³-hybridized carbons (Fsp3) is 0.571. The van der Waals surface area contributed by atoms with Crippen LogP contribution < -0.4 is 5.43 Å². The number of amides is 1. The number of hydrazone groups is 1. The van der Waals surface area contributed by atoms with Gasteiger partial charge in [0.15, 0.2) is 0 Å². The van der Waals surface area contributed by atoms with E-state index in [1.54, 1.807) is 17.6 Å². The Bertz CT molecular complexity index is 652. The van der Waals surface area contributed by atoms with E-state index in [4.69, 9.17) is 0 Å². The number of piperidine rings is 1. The summed E-state index contributed by atoms with van der Waals surface area (Å²) in [5.74, 6) is -0.563. The third-order valence-electron chi connectivity index (χ3n) is 3.62. The smallest absolute Gasteiger partial charge is 0.244 e. The molecule has 1 saturated heterocycles. The molecule has 22 heavy (non-hydrogen) atoms. The second-order valence-corrected chi connectivity index (χ2v) is 8.53. The molecule has 0 spiro atoms. The topological polar surface area (TPSA) is 78.8 Å². The van der Waals surface area contributed by atoms with E-state index in [2.05, 4.69) is 17.5 Å². The largest absolute Gasteiger partial charge is 0.273 e. The van der Waals surface area contributed by atoms with E-state index >= 15 is 0 Å². The monoisotopic (exact) mass is 343 g/mol. The molecule has 2 rings (SSSR count). The molecule has 1 fully saturated rings. The molecule has 0 saturated carbocycles. The highest BCUT2D eigenvalue weighted by molar-refractivity contribution is 7.88. The second-order valence-electron chi connectivity index (χ2n) is 5.35. The lowest BCUT2D eigenvalue weighted by atomic mass is 9.99. The van der Waals surface area contributed by atoms with Gasteiger partial charge in [-0.1, -0.05) is 6.92 Å². The van der Waals surface area contributed by atoms with Gasteiger partial charge < -0.3 is 0 Å². The number of aryl methyl sites for hydroxylation is 1. The molecule has 1 aromatic heterocycles. The molecule has 1 aliphatic rings. The number of hydrogen-bond donors (Lipinski definition) is 1. The number of sulfonamides is 1. The number of carbonyl (C=O) groups is 1. The van der Waals surface area contributed by atoms with Crippen LogP contribution in [0.2, 0.25) is 0 Å². The maximum absolute atomic E-state index is 12.1. The minimum atomic E-state index is -3.24. The molecule has 0 radical (unpaired) electrons. The third-order valence-corrected chi connectivity index (χ3v) is 6.06. The van der Waals surface area contributed by atoms with E-state index in [-0.39, 0.29) is 18.4 Å². The first-order valence-electron chi connectivity index (χ1n) is 7.27. The SMILES string of the molecule is CCc1ccc(/C=N\NC(=O)[C@H]2CCCN(S(C)(=O)=O)C2)s1. The Morgan fingerprint density at radius 3 is 2.95 bits per heavy atom. The van der Waals surface area contributed by atoms with Crippen LogP contribution in [0.5, 0.6) is 0 Å². The predicted octanol–water partition coefficient (Wildman–Crippen LogP) is 1.43. The highest BCUT2D eigenvalue weighted by Crippen LogP contribution is 2.19. The Morgan fingerprint density at radius 2 is 2.32 bits per heavy atom. The third kappa shape index (κ3) is 4.62. The first kappa shape index (κ1) is 17.1. The maximum atomic E-state index is 12.1. The molecule has 1 N–H and O–H groups in total. The number of rotatable bonds is 5. The summed E-state index contributed by atoms with van der Waals surface area (Å²) in [6.45, 7) is 2.81. The average Bonchev–Trinajstić information content (AvgIpc) is 2.94. The van der Waals surface area contributed by atoms with Crippen molar-refractivity contribution in [3.63, 3.8) is 0 Å². The number of hydrogen-bond acceptors (Lipinski definition) is 5. The van der Waals surface area contributed by atoms with Crippen molar-refractivity contribution in [2.45, 2.75) is 26.2 Å². The van der Waals surface area contributed by atoms with Gasteiger partial charge in [0.1, 0.15) is 0 Å². The van der Waals surface area contributed by atoms with Crippen LogP contribution in [0.4, 0.5) is 0 Å². The minimum Gasteiger partial charge on any atom is -0.273 e. The number of nitrogens with zero attached hydrogens (tertiary/aromatic N) is 2. The van der Waals surface area contributed by atoms with Crippen molar-refractivity contribution in [1.82, 2.24) is 9.73 Å². The quantitative estimate of drug-likeness (QED) is 0.649. The van der Waals surface area contributed by atoms with Gasteiger partial charge in [0.2, 0.25) is 15.9 Å². The highest BCUT2D eigenvalue weighted by Gasteiger charge is 2.29. The van der Waals surface area contributed by atoms with Crippen molar-refractivity contribution >= 4 is 33.5 Å². The molecule has 0 unspecified atom stereocenters. The van der Waals surface area contributed by atoms with Crippen molar-refractivity contribution < 1.29 is 13.2 Å². The molecule has 122 valence electrons. The molecule has 1 aromatic rings. The minimum absolute atomic E-state index is 0.225. The summed E-state index contributed by atoms with van der Waals surface area (Å²) in [7, 11) is -3.24. The zero-order valence-electron chi connectivity index (χ0n) is 12.8. The van der Waals surface area contributed by atoms with Gasteiger partial charge in [-0.3, -0.25) is 4.79 Å². The Labute approximate surface area is 135 Å². The van der Waals surface area contributed by atoms with Gasteiger partial charge in [0.05, 0.1) is 18.4 Å². The van der Waals surface area contributed by atoms with Crippen molar-refractivity contribution in [3.05, 3.63) is 21.9 Å². The Hall–Kier alpha value is -1.25. The van der Waals surface area contributed by atoms with Crippen molar-refractivity contribution in [3.8, 4) is 0 Å². The average molecular weight is 343 g/mol. The van der Waals surface area contributed by atoms with E-state index in [0.29, 0.717) is 19.4 Å². The second kappa shape index (κ2) is 7.34. The molecule has 1 aliphatic heterocycles. The number of carbonyl (C=O) groups excluding carboxylic acids is 1. The molecular formula is C14H21N3O3S2. The van der Waals surface area contributed by atoms with E-state index < -0.39 is 10.0 Å². The molecule has 0 bridgehead atoms. The number of nitrogens with one attached hydrogen (secondary N) is 1. The highest BCUT2D eigenvalue weighted by atomic mass is 32.2. The molecule has 6 nitrogen and oxygen atoms in total. The van der Waals surface area contributed by atoms with Crippen LogP contribution >= 0.6 is 11.3 Å². The molecule has 2 heterocycles. The van der Waals surface area contributed by atoms with E-state index in [1.807, 2.05) is 12.1 Å². The zero-order valence-corrected chi connectivity index (χ0v) is 14.4.